The van der Waals surface area contributed by atoms with Gasteiger partial charge in [0.25, 0.3) is 5.91 Å². The lowest BCUT2D eigenvalue weighted by molar-refractivity contribution is 0.0690. The molecule has 0 radical (unpaired) electrons. The van der Waals surface area contributed by atoms with Gasteiger partial charge in [-0.1, -0.05) is 37.3 Å². The second kappa shape index (κ2) is 7.43. The van der Waals surface area contributed by atoms with Gasteiger partial charge in [0.05, 0.1) is 0 Å². The number of piperidine rings is 1. The molecule has 126 valence electrons. The third kappa shape index (κ3) is 3.91. The molecule has 0 bridgehead atoms. The molecule has 1 aromatic carbocycles. The Hall–Kier alpha value is -2.43. The van der Waals surface area contributed by atoms with Crippen LogP contribution in [0.25, 0.3) is 0 Å². The van der Waals surface area contributed by atoms with Gasteiger partial charge < -0.3 is 9.80 Å². The zero-order valence-electron chi connectivity index (χ0n) is 14.4. The van der Waals surface area contributed by atoms with Crippen LogP contribution in [0.2, 0.25) is 0 Å². The summed E-state index contributed by atoms with van der Waals surface area (Å²) in [5.74, 6) is 1.46. The van der Waals surface area contributed by atoms with Gasteiger partial charge in [0.15, 0.2) is 11.5 Å². The van der Waals surface area contributed by atoms with Crippen molar-refractivity contribution in [2.75, 3.05) is 25.0 Å². The minimum absolute atomic E-state index is 0.00772. The summed E-state index contributed by atoms with van der Waals surface area (Å²) >= 11 is 0. The molecular weight excluding hydrogens is 300 g/mol. The van der Waals surface area contributed by atoms with Crippen LogP contribution >= 0.6 is 0 Å². The Kier molecular flexibility index (Phi) is 5.08. The molecular formula is C19H24N4O. The van der Waals surface area contributed by atoms with Crippen LogP contribution in [-0.4, -0.2) is 41.1 Å². The number of rotatable bonds is 4. The average Bonchev–Trinajstić information content (AvgIpc) is 2.63. The van der Waals surface area contributed by atoms with E-state index in [1.807, 2.05) is 41.1 Å². The fourth-order valence-electron chi connectivity index (χ4n) is 2.95. The third-order valence-electron chi connectivity index (χ3n) is 4.59. The van der Waals surface area contributed by atoms with Crippen molar-refractivity contribution in [3.05, 3.63) is 53.7 Å². The van der Waals surface area contributed by atoms with Crippen molar-refractivity contribution in [1.82, 2.24) is 15.1 Å². The second-order valence-corrected chi connectivity index (χ2v) is 6.59. The van der Waals surface area contributed by atoms with E-state index in [0.717, 1.165) is 38.3 Å². The number of hydrogen-bond donors (Lipinski definition) is 0. The molecule has 1 aromatic heterocycles. The molecule has 2 heterocycles. The molecule has 1 amide bonds. The highest BCUT2D eigenvalue weighted by atomic mass is 16.2. The van der Waals surface area contributed by atoms with Crippen LogP contribution in [-0.2, 0) is 6.54 Å². The average molecular weight is 324 g/mol. The van der Waals surface area contributed by atoms with E-state index >= 15 is 0 Å². The summed E-state index contributed by atoms with van der Waals surface area (Å²) in [6.07, 6.45) is 2.13. The Balaban J connectivity index is 1.63. The summed E-state index contributed by atoms with van der Waals surface area (Å²) in [6.45, 7) is 4.63. The molecule has 0 saturated carbocycles. The van der Waals surface area contributed by atoms with E-state index in [1.165, 1.54) is 5.56 Å². The summed E-state index contributed by atoms with van der Waals surface area (Å²) in [5, 5.41) is 8.39. The smallest absolute Gasteiger partial charge is 0.274 e. The monoisotopic (exact) mass is 324 g/mol. The van der Waals surface area contributed by atoms with Crippen LogP contribution in [0.3, 0.4) is 0 Å². The molecule has 0 atom stereocenters. The van der Waals surface area contributed by atoms with Crippen LogP contribution < -0.4 is 4.90 Å². The Bertz CT molecular complexity index is 664. The normalized spacial score (nSPS) is 15.3. The number of carbonyl (C=O) groups is 1. The minimum Gasteiger partial charge on any atom is -0.354 e. The Morgan fingerprint density at radius 1 is 1.12 bits per heavy atom. The highest BCUT2D eigenvalue weighted by Gasteiger charge is 2.22. The predicted octanol–water partition coefficient (Wildman–Crippen LogP) is 2.99. The maximum atomic E-state index is 12.5. The van der Waals surface area contributed by atoms with Crippen molar-refractivity contribution >= 4 is 11.7 Å². The molecule has 0 N–H and O–H groups in total. The maximum Gasteiger partial charge on any atom is 0.274 e. The first-order valence-electron chi connectivity index (χ1n) is 8.51. The van der Waals surface area contributed by atoms with E-state index in [2.05, 4.69) is 29.3 Å². The largest absolute Gasteiger partial charge is 0.354 e. The molecule has 1 aliphatic rings. The van der Waals surface area contributed by atoms with E-state index in [1.54, 1.807) is 6.07 Å². The molecule has 0 unspecified atom stereocenters. The number of likely N-dealkylation sites (tertiary alicyclic amines) is 1. The zero-order valence-corrected chi connectivity index (χ0v) is 14.4. The highest BCUT2D eigenvalue weighted by molar-refractivity contribution is 5.92. The minimum atomic E-state index is -0.00772. The Labute approximate surface area is 143 Å². The number of benzene rings is 1. The van der Waals surface area contributed by atoms with Gasteiger partial charge in [0.1, 0.15) is 0 Å². The van der Waals surface area contributed by atoms with Crippen LogP contribution in [0, 0.1) is 5.92 Å². The highest BCUT2D eigenvalue weighted by Crippen LogP contribution is 2.18. The molecule has 24 heavy (non-hydrogen) atoms. The lowest BCUT2D eigenvalue weighted by Gasteiger charge is -2.29. The molecule has 2 aromatic rings. The van der Waals surface area contributed by atoms with Gasteiger partial charge in [-0.25, -0.2) is 0 Å². The second-order valence-electron chi connectivity index (χ2n) is 6.59. The van der Waals surface area contributed by atoms with Gasteiger partial charge in [0.2, 0.25) is 0 Å². The fourth-order valence-corrected chi connectivity index (χ4v) is 2.95. The zero-order chi connectivity index (χ0) is 16.9. The van der Waals surface area contributed by atoms with Crippen LogP contribution in [0.5, 0.6) is 0 Å². The van der Waals surface area contributed by atoms with Crippen molar-refractivity contribution < 1.29 is 4.79 Å². The van der Waals surface area contributed by atoms with E-state index in [4.69, 9.17) is 0 Å². The molecule has 1 fully saturated rings. The van der Waals surface area contributed by atoms with Crippen molar-refractivity contribution in [2.24, 2.45) is 5.92 Å². The number of hydrogen-bond acceptors (Lipinski definition) is 4. The van der Waals surface area contributed by atoms with E-state index in [-0.39, 0.29) is 5.91 Å². The van der Waals surface area contributed by atoms with Crippen LogP contribution in [0.4, 0.5) is 5.82 Å². The molecule has 5 nitrogen and oxygen atoms in total. The first-order valence-corrected chi connectivity index (χ1v) is 8.51. The van der Waals surface area contributed by atoms with Gasteiger partial charge in [0, 0.05) is 26.7 Å². The van der Waals surface area contributed by atoms with Gasteiger partial charge in [-0.15, -0.1) is 10.2 Å². The van der Waals surface area contributed by atoms with Gasteiger partial charge >= 0.3 is 0 Å². The van der Waals surface area contributed by atoms with Crippen molar-refractivity contribution in [3.8, 4) is 0 Å². The quantitative estimate of drug-likeness (QED) is 0.867. The first kappa shape index (κ1) is 16.4. The topological polar surface area (TPSA) is 49.3 Å². The Morgan fingerprint density at radius 3 is 2.46 bits per heavy atom. The van der Waals surface area contributed by atoms with Crippen LogP contribution in [0.15, 0.2) is 42.5 Å². The van der Waals surface area contributed by atoms with Crippen molar-refractivity contribution in [3.63, 3.8) is 0 Å². The molecule has 0 aliphatic carbocycles. The van der Waals surface area contributed by atoms with Crippen LogP contribution in [0.1, 0.15) is 35.8 Å². The molecule has 1 aliphatic heterocycles. The van der Waals surface area contributed by atoms with Gasteiger partial charge in [-0.2, -0.15) is 0 Å². The standard InChI is InChI=1S/C19H24N4O/c1-15-10-12-23(13-11-15)19(24)17-8-9-18(21-20-17)22(2)14-16-6-4-3-5-7-16/h3-9,15H,10-14H2,1-2H3. The summed E-state index contributed by atoms with van der Waals surface area (Å²) in [6, 6.07) is 13.9. The lowest BCUT2D eigenvalue weighted by Crippen LogP contribution is -2.38. The summed E-state index contributed by atoms with van der Waals surface area (Å²) in [5.41, 5.74) is 1.64. The molecule has 1 saturated heterocycles. The number of carbonyl (C=O) groups excluding carboxylic acids is 1. The summed E-state index contributed by atoms with van der Waals surface area (Å²) < 4.78 is 0. The van der Waals surface area contributed by atoms with E-state index < -0.39 is 0 Å². The van der Waals surface area contributed by atoms with Crippen molar-refractivity contribution in [2.45, 2.75) is 26.3 Å². The van der Waals surface area contributed by atoms with E-state index in [0.29, 0.717) is 11.6 Å². The molecule has 3 rings (SSSR count). The third-order valence-corrected chi connectivity index (χ3v) is 4.59. The molecule has 0 spiro atoms. The lowest BCUT2D eigenvalue weighted by atomic mass is 9.99. The molecule has 5 heteroatoms. The summed E-state index contributed by atoms with van der Waals surface area (Å²) in [7, 11) is 1.98. The number of nitrogens with zero attached hydrogens (tertiary/aromatic N) is 4. The number of anilines is 1. The van der Waals surface area contributed by atoms with Crippen molar-refractivity contribution in [1.29, 1.82) is 0 Å². The maximum absolute atomic E-state index is 12.5. The van der Waals surface area contributed by atoms with E-state index in [9.17, 15) is 4.79 Å². The van der Waals surface area contributed by atoms with Gasteiger partial charge in [-0.05, 0) is 36.5 Å². The summed E-state index contributed by atoms with van der Waals surface area (Å²) in [4.78, 5) is 16.4. The fraction of sp³-hybridized carbons (Fsp3) is 0.421. The number of amides is 1. The van der Waals surface area contributed by atoms with Gasteiger partial charge in [-0.3, -0.25) is 4.79 Å². The SMILES string of the molecule is CC1CCN(C(=O)c2ccc(N(C)Cc3ccccc3)nn2)CC1. The first-order chi connectivity index (χ1) is 11.6. The number of aromatic nitrogens is 2. The Morgan fingerprint density at radius 2 is 1.83 bits per heavy atom. The predicted molar refractivity (Wildman–Crippen MR) is 94.9 cm³/mol.